The maximum absolute atomic E-state index is 11.2. The number of rotatable bonds is 10. The van der Waals surface area contributed by atoms with Crippen LogP contribution in [0.2, 0.25) is 0 Å². The van der Waals surface area contributed by atoms with E-state index in [9.17, 15) is 5.11 Å². The molecule has 3 heterocycles. The maximum atomic E-state index is 11.2. The highest BCUT2D eigenvalue weighted by molar-refractivity contribution is 5.49. The van der Waals surface area contributed by atoms with Gasteiger partial charge in [0, 0.05) is 66.0 Å². The highest BCUT2D eigenvalue weighted by Gasteiger charge is 2.33. The van der Waals surface area contributed by atoms with Crippen molar-refractivity contribution in [2.24, 2.45) is 0 Å². The van der Waals surface area contributed by atoms with Crippen molar-refractivity contribution in [1.29, 1.82) is 0 Å². The van der Waals surface area contributed by atoms with E-state index >= 15 is 0 Å². The summed E-state index contributed by atoms with van der Waals surface area (Å²) in [5, 5.41) is 14.7. The first-order valence-corrected chi connectivity index (χ1v) is 12.2. The Balaban J connectivity index is 1.21. The highest BCUT2D eigenvalue weighted by atomic mass is 16.5. The molecule has 0 radical (unpaired) electrons. The van der Waals surface area contributed by atoms with Gasteiger partial charge in [-0.25, -0.2) is 9.97 Å². The molecule has 9 heteroatoms. The summed E-state index contributed by atoms with van der Waals surface area (Å²) in [6.07, 6.45) is 3.29. The van der Waals surface area contributed by atoms with Gasteiger partial charge in [0.2, 0.25) is 0 Å². The molecule has 1 aromatic heterocycles. The lowest BCUT2D eigenvalue weighted by Crippen LogP contribution is -2.53. The van der Waals surface area contributed by atoms with E-state index in [0.29, 0.717) is 26.2 Å². The zero-order valence-electron chi connectivity index (χ0n) is 20.4. The van der Waals surface area contributed by atoms with Crippen LogP contribution >= 0.6 is 0 Å². The molecular weight excluding hydrogens is 432 g/mol. The molecule has 2 aliphatic heterocycles. The van der Waals surface area contributed by atoms with Crippen molar-refractivity contribution < 1.29 is 14.6 Å². The van der Waals surface area contributed by atoms with E-state index in [-0.39, 0.29) is 0 Å². The van der Waals surface area contributed by atoms with E-state index < -0.39 is 5.60 Å². The predicted octanol–water partition coefficient (Wildman–Crippen LogP) is 1.37. The fourth-order valence-corrected chi connectivity index (χ4v) is 4.47. The van der Waals surface area contributed by atoms with Gasteiger partial charge in [0.25, 0.3) is 0 Å². The summed E-state index contributed by atoms with van der Waals surface area (Å²) >= 11 is 0. The van der Waals surface area contributed by atoms with Crippen molar-refractivity contribution in [2.45, 2.75) is 25.0 Å². The van der Waals surface area contributed by atoms with E-state index in [2.05, 4.69) is 37.2 Å². The fourth-order valence-electron chi connectivity index (χ4n) is 4.47. The standard InChI is InChI=1S/C25H38N6O3/c1-29(2)23-16-24(28-20-27-23)31-9-3-8-25(32,19-31)18-26-17-21-4-6-22(7-5-21)34-15-12-30-10-13-33-14-11-30/h4-7,16,20,26,32H,3,8-15,17-19H2,1-2H3. The molecule has 4 rings (SSSR count). The lowest BCUT2D eigenvalue weighted by atomic mass is 9.92. The third-order valence-corrected chi connectivity index (χ3v) is 6.46. The average Bonchev–Trinajstić information content (AvgIpc) is 2.86. The molecule has 0 aliphatic carbocycles. The van der Waals surface area contributed by atoms with Gasteiger partial charge in [0.15, 0.2) is 0 Å². The molecule has 2 fully saturated rings. The number of aromatic nitrogens is 2. The van der Waals surface area contributed by atoms with Crippen molar-refractivity contribution in [1.82, 2.24) is 20.2 Å². The van der Waals surface area contributed by atoms with Crippen LogP contribution in [0.1, 0.15) is 18.4 Å². The van der Waals surface area contributed by atoms with Crippen LogP contribution in [-0.4, -0.2) is 98.8 Å². The number of aliphatic hydroxyl groups is 1. The molecule has 186 valence electrons. The van der Waals surface area contributed by atoms with Crippen LogP contribution in [-0.2, 0) is 11.3 Å². The van der Waals surface area contributed by atoms with Crippen molar-refractivity contribution in [2.75, 3.05) is 83.0 Å². The number of ether oxygens (including phenoxy) is 2. The number of anilines is 2. The van der Waals surface area contributed by atoms with Crippen molar-refractivity contribution in [3.63, 3.8) is 0 Å². The number of nitrogens with one attached hydrogen (secondary N) is 1. The Morgan fingerprint density at radius 1 is 1.15 bits per heavy atom. The molecule has 0 saturated carbocycles. The van der Waals surface area contributed by atoms with Crippen LogP contribution in [0.4, 0.5) is 11.6 Å². The minimum atomic E-state index is -0.788. The third kappa shape index (κ3) is 7.02. The Morgan fingerprint density at radius 3 is 2.71 bits per heavy atom. The summed E-state index contributed by atoms with van der Waals surface area (Å²) in [7, 11) is 3.93. The number of hydrogen-bond acceptors (Lipinski definition) is 9. The highest BCUT2D eigenvalue weighted by Crippen LogP contribution is 2.26. The van der Waals surface area contributed by atoms with Gasteiger partial charge in [-0.15, -0.1) is 0 Å². The van der Waals surface area contributed by atoms with Gasteiger partial charge in [0.05, 0.1) is 18.8 Å². The van der Waals surface area contributed by atoms with Crippen molar-refractivity contribution in [3.8, 4) is 5.75 Å². The molecule has 2 aliphatic rings. The number of β-amino-alcohol motifs (C(OH)–C–C–N with tert-alkyl or cyclic N) is 1. The number of nitrogens with zero attached hydrogens (tertiary/aromatic N) is 5. The van der Waals surface area contributed by atoms with E-state index in [0.717, 1.165) is 69.6 Å². The maximum Gasteiger partial charge on any atom is 0.134 e. The van der Waals surface area contributed by atoms with Gasteiger partial charge in [-0.05, 0) is 30.5 Å². The zero-order chi connectivity index (χ0) is 23.8. The van der Waals surface area contributed by atoms with Crippen LogP contribution in [0.3, 0.4) is 0 Å². The molecule has 0 spiro atoms. The van der Waals surface area contributed by atoms with E-state index in [1.165, 1.54) is 5.56 Å². The zero-order valence-corrected chi connectivity index (χ0v) is 20.4. The Morgan fingerprint density at radius 2 is 1.94 bits per heavy atom. The Labute approximate surface area is 202 Å². The van der Waals surface area contributed by atoms with Crippen LogP contribution in [0.5, 0.6) is 5.75 Å². The molecule has 1 atom stereocenters. The third-order valence-electron chi connectivity index (χ3n) is 6.46. The minimum Gasteiger partial charge on any atom is -0.492 e. The quantitative estimate of drug-likeness (QED) is 0.535. The first-order valence-electron chi connectivity index (χ1n) is 12.2. The summed E-state index contributed by atoms with van der Waals surface area (Å²) in [4.78, 5) is 15.2. The van der Waals surface area contributed by atoms with Gasteiger partial charge >= 0.3 is 0 Å². The topological polar surface area (TPSA) is 86.2 Å². The smallest absolute Gasteiger partial charge is 0.134 e. The Bertz CT molecular complexity index is 890. The summed E-state index contributed by atoms with van der Waals surface area (Å²) in [5.74, 6) is 2.62. The minimum absolute atomic E-state index is 0.535. The normalized spacial score (nSPS) is 21.4. The molecule has 0 bridgehead atoms. The Kier molecular flexibility index (Phi) is 8.55. The molecule has 34 heavy (non-hydrogen) atoms. The summed E-state index contributed by atoms with van der Waals surface area (Å²) in [6, 6.07) is 10.2. The van der Waals surface area contributed by atoms with Gasteiger partial charge in [-0.2, -0.15) is 0 Å². The molecule has 1 aromatic carbocycles. The number of morpholine rings is 1. The van der Waals surface area contributed by atoms with Crippen molar-refractivity contribution in [3.05, 3.63) is 42.2 Å². The molecule has 2 N–H and O–H groups in total. The second-order valence-corrected chi connectivity index (χ2v) is 9.43. The molecule has 1 unspecified atom stereocenters. The van der Waals surface area contributed by atoms with Gasteiger partial charge < -0.3 is 29.7 Å². The SMILES string of the molecule is CN(C)c1cc(N2CCCC(O)(CNCc3ccc(OCCN4CCOCC4)cc3)C2)ncn1. The van der Waals surface area contributed by atoms with E-state index in [1.54, 1.807) is 6.33 Å². The largest absolute Gasteiger partial charge is 0.492 e. The van der Waals surface area contributed by atoms with Crippen LogP contribution in [0.25, 0.3) is 0 Å². The number of piperidine rings is 1. The summed E-state index contributed by atoms with van der Waals surface area (Å²) < 4.78 is 11.3. The number of benzene rings is 1. The fraction of sp³-hybridized carbons (Fsp3) is 0.600. The monoisotopic (exact) mass is 470 g/mol. The van der Waals surface area contributed by atoms with Crippen LogP contribution in [0.15, 0.2) is 36.7 Å². The summed E-state index contributed by atoms with van der Waals surface area (Å²) in [6.45, 7) is 7.88. The molecule has 2 aromatic rings. The summed E-state index contributed by atoms with van der Waals surface area (Å²) in [5.41, 5.74) is 0.382. The van der Waals surface area contributed by atoms with Gasteiger partial charge in [-0.3, -0.25) is 4.90 Å². The van der Waals surface area contributed by atoms with Crippen molar-refractivity contribution >= 4 is 11.6 Å². The lowest BCUT2D eigenvalue weighted by Gasteiger charge is -2.40. The second kappa shape index (κ2) is 11.8. The first kappa shape index (κ1) is 24.7. The van der Waals surface area contributed by atoms with E-state index in [4.69, 9.17) is 9.47 Å². The van der Waals surface area contributed by atoms with Crippen LogP contribution in [0, 0.1) is 0 Å². The Hall–Kier alpha value is -2.46. The number of hydrogen-bond donors (Lipinski definition) is 2. The second-order valence-electron chi connectivity index (χ2n) is 9.43. The molecule has 2 saturated heterocycles. The van der Waals surface area contributed by atoms with E-state index in [1.807, 2.05) is 37.2 Å². The van der Waals surface area contributed by atoms with Gasteiger partial charge in [0.1, 0.15) is 30.3 Å². The molecule has 9 nitrogen and oxygen atoms in total. The van der Waals surface area contributed by atoms with Crippen LogP contribution < -0.4 is 19.9 Å². The lowest BCUT2D eigenvalue weighted by molar-refractivity contribution is 0.0258. The molecule has 0 amide bonds. The van der Waals surface area contributed by atoms with Gasteiger partial charge in [-0.1, -0.05) is 12.1 Å². The first-order chi connectivity index (χ1) is 16.5. The average molecular weight is 471 g/mol. The predicted molar refractivity (Wildman–Crippen MR) is 134 cm³/mol. The molecular formula is C25H38N6O3.